The van der Waals surface area contributed by atoms with Gasteiger partial charge in [-0.2, -0.15) is 0 Å². The van der Waals surface area contributed by atoms with E-state index in [9.17, 15) is 4.79 Å². The lowest BCUT2D eigenvalue weighted by Gasteiger charge is -2.14. The van der Waals surface area contributed by atoms with E-state index >= 15 is 0 Å². The lowest BCUT2D eigenvalue weighted by Crippen LogP contribution is -2.12. The fourth-order valence-corrected chi connectivity index (χ4v) is 2.70. The first-order valence-corrected chi connectivity index (χ1v) is 7.05. The van der Waals surface area contributed by atoms with Gasteiger partial charge in [0.2, 0.25) is 0 Å². The monoisotopic (exact) mass is 352 g/mol. The first-order valence-electron chi connectivity index (χ1n) is 5.88. The van der Waals surface area contributed by atoms with Crippen molar-refractivity contribution in [1.82, 2.24) is 4.98 Å². The highest BCUT2D eigenvalue weighted by molar-refractivity contribution is 9.10. The zero-order valence-electron chi connectivity index (χ0n) is 10.2. The number of halogens is 2. The summed E-state index contributed by atoms with van der Waals surface area (Å²) in [5, 5.41) is 0.594. The van der Waals surface area contributed by atoms with E-state index < -0.39 is 11.8 Å². The summed E-state index contributed by atoms with van der Waals surface area (Å²) in [5.41, 5.74) is 9.00. The molecule has 4 nitrogen and oxygen atoms in total. The Kier molecular flexibility index (Phi) is 3.41. The van der Waals surface area contributed by atoms with Crippen LogP contribution in [0.4, 0.5) is 0 Å². The molecule has 1 heterocycles. The van der Waals surface area contributed by atoms with E-state index in [4.69, 9.17) is 21.8 Å². The van der Waals surface area contributed by atoms with Gasteiger partial charge in [-0.25, -0.2) is 4.79 Å². The summed E-state index contributed by atoms with van der Waals surface area (Å²) in [7, 11) is 0. The second-order valence-corrected chi connectivity index (χ2v) is 5.74. The number of hydrogen-bond acceptors (Lipinski definition) is 3. The van der Waals surface area contributed by atoms with Crippen molar-refractivity contribution in [3.8, 4) is 0 Å². The third kappa shape index (κ3) is 2.40. The largest absolute Gasteiger partial charge is 0.417 e. The van der Waals surface area contributed by atoms with Crippen molar-refractivity contribution in [2.45, 2.75) is 6.04 Å². The molecule has 3 N–H and O–H groups in total. The van der Waals surface area contributed by atoms with Gasteiger partial charge in [0, 0.05) is 9.50 Å². The molecule has 0 amide bonds. The van der Waals surface area contributed by atoms with Crippen LogP contribution in [-0.2, 0) is 0 Å². The second-order valence-electron chi connectivity index (χ2n) is 4.41. The van der Waals surface area contributed by atoms with E-state index in [-0.39, 0.29) is 0 Å². The lowest BCUT2D eigenvalue weighted by molar-refractivity contribution is 0.555. The van der Waals surface area contributed by atoms with Gasteiger partial charge < -0.3 is 10.2 Å². The minimum atomic E-state index is -0.480. The van der Waals surface area contributed by atoms with Gasteiger partial charge >= 0.3 is 5.76 Å². The van der Waals surface area contributed by atoms with Gasteiger partial charge in [0.05, 0.1) is 11.6 Å². The molecular weight excluding hydrogens is 344 g/mol. The van der Waals surface area contributed by atoms with Gasteiger partial charge in [-0.1, -0.05) is 33.6 Å². The Morgan fingerprint density at radius 2 is 2.05 bits per heavy atom. The molecule has 0 bridgehead atoms. The van der Waals surface area contributed by atoms with Gasteiger partial charge in [0.15, 0.2) is 5.58 Å². The minimum Gasteiger partial charge on any atom is -0.408 e. The molecule has 3 aromatic rings. The molecule has 0 radical (unpaired) electrons. The van der Waals surface area contributed by atoms with Crippen molar-refractivity contribution in [3.05, 3.63) is 67.6 Å². The zero-order valence-corrected chi connectivity index (χ0v) is 12.5. The Hall–Kier alpha value is -1.56. The molecular formula is C14H10BrClN2O2. The number of H-pyrrole nitrogens is 1. The number of fused-ring (bicyclic) bond motifs is 1. The first kappa shape index (κ1) is 13.4. The number of hydrogen-bond donors (Lipinski definition) is 2. The molecule has 0 fully saturated rings. The summed E-state index contributed by atoms with van der Waals surface area (Å²) in [5.74, 6) is -0.480. The molecule has 0 aliphatic heterocycles. The molecule has 0 spiro atoms. The maximum absolute atomic E-state index is 11.2. The zero-order chi connectivity index (χ0) is 14.3. The molecule has 0 saturated carbocycles. The molecule has 1 unspecified atom stereocenters. The number of aromatic amines is 1. The number of nitrogens with one attached hydrogen (secondary N) is 1. The molecule has 0 aliphatic carbocycles. The van der Waals surface area contributed by atoms with Crippen LogP contribution < -0.4 is 11.5 Å². The predicted octanol–water partition coefficient (Wildman–Crippen LogP) is 3.59. The fourth-order valence-electron chi connectivity index (χ4n) is 2.09. The SMILES string of the molecule is NC(c1ccc2[nH]c(=O)oc2c1)c1cc(Br)ccc1Cl. The lowest BCUT2D eigenvalue weighted by atomic mass is 9.99. The van der Waals surface area contributed by atoms with E-state index in [0.29, 0.717) is 16.1 Å². The summed E-state index contributed by atoms with van der Waals surface area (Å²) in [6.07, 6.45) is 0. The molecule has 1 aromatic heterocycles. The molecule has 6 heteroatoms. The van der Waals surface area contributed by atoms with Crippen molar-refractivity contribution in [2.24, 2.45) is 5.73 Å². The third-order valence-corrected chi connectivity index (χ3v) is 3.93. The first-order chi connectivity index (χ1) is 9.54. The molecule has 0 aliphatic rings. The van der Waals surface area contributed by atoms with Crippen LogP contribution in [0.25, 0.3) is 11.1 Å². The third-order valence-electron chi connectivity index (χ3n) is 3.10. The molecule has 20 heavy (non-hydrogen) atoms. The Morgan fingerprint density at radius 1 is 1.25 bits per heavy atom. The normalized spacial score (nSPS) is 12.8. The van der Waals surface area contributed by atoms with Crippen LogP contribution in [0.15, 0.2) is 50.1 Å². The van der Waals surface area contributed by atoms with Crippen molar-refractivity contribution >= 4 is 38.6 Å². The summed E-state index contributed by atoms with van der Waals surface area (Å²) in [4.78, 5) is 13.7. The fraction of sp³-hybridized carbons (Fsp3) is 0.0714. The predicted molar refractivity (Wildman–Crippen MR) is 82.0 cm³/mol. The Bertz CT molecular complexity index is 841. The molecule has 2 aromatic carbocycles. The average Bonchev–Trinajstić information content (AvgIpc) is 2.79. The summed E-state index contributed by atoms with van der Waals surface area (Å²) < 4.78 is 5.94. The molecule has 3 rings (SSSR count). The van der Waals surface area contributed by atoms with Crippen LogP contribution in [0.3, 0.4) is 0 Å². The topological polar surface area (TPSA) is 72.0 Å². The standard InChI is InChI=1S/C14H10BrClN2O2/c15-8-2-3-10(16)9(6-8)13(17)7-1-4-11-12(5-7)20-14(19)18-11/h1-6,13H,17H2,(H,18,19). The smallest absolute Gasteiger partial charge is 0.408 e. The van der Waals surface area contributed by atoms with Gasteiger partial charge in [0.25, 0.3) is 0 Å². The highest BCUT2D eigenvalue weighted by atomic mass is 79.9. The number of oxazole rings is 1. The summed E-state index contributed by atoms with van der Waals surface area (Å²) in [6.45, 7) is 0. The van der Waals surface area contributed by atoms with Crippen molar-refractivity contribution < 1.29 is 4.42 Å². The van der Waals surface area contributed by atoms with Gasteiger partial charge in [0.1, 0.15) is 0 Å². The summed E-state index contributed by atoms with van der Waals surface area (Å²) in [6, 6.07) is 10.5. The summed E-state index contributed by atoms with van der Waals surface area (Å²) >= 11 is 9.58. The van der Waals surface area contributed by atoms with Gasteiger partial charge in [-0.05, 0) is 41.5 Å². The van der Waals surface area contributed by atoms with E-state index in [0.717, 1.165) is 15.6 Å². The maximum atomic E-state index is 11.2. The number of benzene rings is 2. The molecule has 0 saturated heterocycles. The molecule has 1 atom stereocenters. The van der Waals surface area contributed by atoms with Crippen molar-refractivity contribution in [2.75, 3.05) is 0 Å². The van der Waals surface area contributed by atoms with Crippen LogP contribution in [0.5, 0.6) is 0 Å². The van der Waals surface area contributed by atoms with Crippen molar-refractivity contribution in [1.29, 1.82) is 0 Å². The second kappa shape index (κ2) is 5.09. The highest BCUT2D eigenvalue weighted by Gasteiger charge is 2.14. The Morgan fingerprint density at radius 3 is 2.85 bits per heavy atom. The van der Waals surface area contributed by atoms with E-state index in [1.807, 2.05) is 18.2 Å². The van der Waals surface area contributed by atoms with E-state index in [1.165, 1.54) is 0 Å². The van der Waals surface area contributed by atoms with Gasteiger partial charge in [-0.15, -0.1) is 0 Å². The van der Waals surface area contributed by atoms with E-state index in [1.54, 1.807) is 18.2 Å². The van der Waals surface area contributed by atoms with E-state index in [2.05, 4.69) is 20.9 Å². The quantitative estimate of drug-likeness (QED) is 0.739. The number of nitrogens with two attached hydrogens (primary N) is 1. The average molecular weight is 354 g/mol. The van der Waals surface area contributed by atoms with Crippen LogP contribution in [0.1, 0.15) is 17.2 Å². The van der Waals surface area contributed by atoms with Crippen LogP contribution in [-0.4, -0.2) is 4.98 Å². The van der Waals surface area contributed by atoms with Crippen LogP contribution in [0, 0.1) is 0 Å². The minimum absolute atomic E-state index is 0.399. The van der Waals surface area contributed by atoms with Crippen LogP contribution in [0.2, 0.25) is 5.02 Å². The number of aromatic nitrogens is 1. The van der Waals surface area contributed by atoms with Crippen molar-refractivity contribution in [3.63, 3.8) is 0 Å². The maximum Gasteiger partial charge on any atom is 0.417 e. The Labute approximate surface area is 127 Å². The Balaban J connectivity index is 2.09. The van der Waals surface area contributed by atoms with Gasteiger partial charge in [-0.3, -0.25) is 4.98 Å². The number of rotatable bonds is 2. The van der Waals surface area contributed by atoms with Crippen LogP contribution >= 0.6 is 27.5 Å². The molecule has 102 valence electrons. The highest BCUT2D eigenvalue weighted by Crippen LogP contribution is 2.30.